The van der Waals surface area contributed by atoms with Crippen molar-refractivity contribution in [2.24, 2.45) is 5.73 Å². The van der Waals surface area contributed by atoms with Crippen molar-refractivity contribution in [1.82, 2.24) is 4.90 Å². The smallest absolute Gasteiger partial charge is 0.118 e. The van der Waals surface area contributed by atoms with Crippen molar-refractivity contribution in [2.45, 2.75) is 44.9 Å². The van der Waals surface area contributed by atoms with E-state index in [1.165, 1.54) is 5.56 Å². The summed E-state index contributed by atoms with van der Waals surface area (Å²) in [7, 11) is 1.68. The van der Waals surface area contributed by atoms with Crippen LogP contribution in [0.25, 0.3) is 0 Å². The molecule has 1 saturated heterocycles. The molecule has 1 fully saturated rings. The molecule has 0 spiro atoms. The van der Waals surface area contributed by atoms with Gasteiger partial charge in [0.15, 0.2) is 0 Å². The van der Waals surface area contributed by atoms with Crippen LogP contribution in [0.4, 0.5) is 0 Å². The zero-order valence-corrected chi connectivity index (χ0v) is 13.8. The van der Waals surface area contributed by atoms with E-state index >= 15 is 0 Å². The number of benzene rings is 1. The highest BCUT2D eigenvalue weighted by Gasteiger charge is 2.40. The zero-order valence-electron chi connectivity index (χ0n) is 13.8. The number of hydrogen-bond acceptors (Lipinski definition) is 4. The van der Waals surface area contributed by atoms with Gasteiger partial charge in [0.2, 0.25) is 0 Å². The quantitative estimate of drug-likeness (QED) is 0.926. The van der Waals surface area contributed by atoms with Gasteiger partial charge in [0, 0.05) is 25.7 Å². The van der Waals surface area contributed by atoms with E-state index in [0.29, 0.717) is 6.54 Å². The number of rotatable bonds is 4. The fraction of sp³-hybridized carbons (Fsp3) is 0.647. The van der Waals surface area contributed by atoms with Crippen LogP contribution in [-0.2, 0) is 4.74 Å². The van der Waals surface area contributed by atoms with Gasteiger partial charge in [-0.1, -0.05) is 12.1 Å². The Bertz CT molecular complexity index is 452. The molecule has 2 N–H and O–H groups in total. The summed E-state index contributed by atoms with van der Waals surface area (Å²) in [4.78, 5) is 2.44. The largest absolute Gasteiger partial charge is 0.497 e. The highest BCUT2D eigenvalue weighted by atomic mass is 16.5. The van der Waals surface area contributed by atoms with E-state index in [-0.39, 0.29) is 17.2 Å². The maximum absolute atomic E-state index is 6.16. The maximum Gasteiger partial charge on any atom is 0.118 e. The first kappa shape index (κ1) is 16.3. The second-order valence-electron chi connectivity index (χ2n) is 7.05. The van der Waals surface area contributed by atoms with E-state index in [9.17, 15) is 0 Å². The van der Waals surface area contributed by atoms with Crippen LogP contribution in [0, 0.1) is 0 Å². The van der Waals surface area contributed by atoms with E-state index in [1.807, 2.05) is 12.1 Å². The van der Waals surface area contributed by atoms with Crippen molar-refractivity contribution in [3.8, 4) is 5.75 Å². The van der Waals surface area contributed by atoms with Crippen molar-refractivity contribution in [1.29, 1.82) is 0 Å². The van der Waals surface area contributed by atoms with Gasteiger partial charge in [-0.3, -0.25) is 4.90 Å². The van der Waals surface area contributed by atoms with Gasteiger partial charge >= 0.3 is 0 Å². The van der Waals surface area contributed by atoms with Gasteiger partial charge in [-0.2, -0.15) is 0 Å². The third kappa shape index (κ3) is 3.96. The fourth-order valence-electron chi connectivity index (χ4n) is 3.39. The zero-order chi connectivity index (χ0) is 15.7. The molecule has 21 heavy (non-hydrogen) atoms. The second kappa shape index (κ2) is 5.95. The lowest BCUT2D eigenvalue weighted by atomic mass is 9.95. The molecule has 0 saturated carbocycles. The summed E-state index contributed by atoms with van der Waals surface area (Å²) in [6, 6.07) is 8.40. The fourth-order valence-corrected chi connectivity index (χ4v) is 3.39. The molecular weight excluding hydrogens is 264 g/mol. The van der Waals surface area contributed by atoms with Crippen molar-refractivity contribution in [2.75, 3.05) is 26.7 Å². The van der Waals surface area contributed by atoms with Crippen LogP contribution in [-0.4, -0.2) is 42.8 Å². The molecular formula is C17H28N2O2. The summed E-state index contributed by atoms with van der Waals surface area (Å²) >= 11 is 0. The van der Waals surface area contributed by atoms with E-state index < -0.39 is 0 Å². The lowest BCUT2D eigenvalue weighted by Gasteiger charge is -2.49. The highest BCUT2D eigenvalue weighted by Crippen LogP contribution is 2.33. The van der Waals surface area contributed by atoms with E-state index in [4.69, 9.17) is 15.2 Å². The minimum Gasteiger partial charge on any atom is -0.497 e. The van der Waals surface area contributed by atoms with Crippen LogP contribution >= 0.6 is 0 Å². The van der Waals surface area contributed by atoms with Crippen LogP contribution in [0.3, 0.4) is 0 Å². The molecule has 4 nitrogen and oxygen atoms in total. The van der Waals surface area contributed by atoms with Gasteiger partial charge in [0.1, 0.15) is 5.75 Å². The second-order valence-corrected chi connectivity index (χ2v) is 7.05. The predicted octanol–water partition coefficient (Wildman–Crippen LogP) is 2.58. The topological polar surface area (TPSA) is 47.7 Å². The molecule has 1 aromatic rings. The van der Waals surface area contributed by atoms with E-state index in [2.05, 4.69) is 44.7 Å². The number of hydrogen-bond donors (Lipinski definition) is 1. The number of nitrogens with two attached hydrogens (primary N) is 1. The summed E-state index contributed by atoms with van der Waals surface area (Å²) in [6.07, 6.45) is 0. The molecule has 0 bridgehead atoms. The average Bonchev–Trinajstić information content (AvgIpc) is 2.37. The summed E-state index contributed by atoms with van der Waals surface area (Å²) in [6.45, 7) is 10.9. The lowest BCUT2D eigenvalue weighted by molar-refractivity contribution is -0.187. The first-order valence-electron chi connectivity index (χ1n) is 7.54. The SMILES string of the molecule is COc1ccc(C(CN)N2CC(C)(C)OC(C)(C)C2)cc1. The molecule has 0 aliphatic carbocycles. The minimum atomic E-state index is -0.165. The van der Waals surface area contributed by atoms with Gasteiger partial charge in [-0.25, -0.2) is 0 Å². The number of morpholine rings is 1. The molecule has 1 aliphatic heterocycles. The summed E-state index contributed by atoms with van der Waals surface area (Å²) in [5.74, 6) is 0.872. The van der Waals surface area contributed by atoms with E-state index in [0.717, 1.165) is 18.8 Å². The molecule has 1 atom stereocenters. The molecule has 2 rings (SSSR count). The number of methoxy groups -OCH3 is 1. The summed E-state index contributed by atoms with van der Waals surface area (Å²) < 4.78 is 11.4. The van der Waals surface area contributed by atoms with Gasteiger partial charge in [0.25, 0.3) is 0 Å². The predicted molar refractivity (Wildman–Crippen MR) is 85.6 cm³/mol. The van der Waals surface area contributed by atoms with Gasteiger partial charge in [0.05, 0.1) is 18.3 Å². The Morgan fingerprint density at radius 1 is 1.14 bits per heavy atom. The van der Waals surface area contributed by atoms with Crippen LogP contribution in [0.2, 0.25) is 0 Å². The summed E-state index contributed by atoms with van der Waals surface area (Å²) in [5.41, 5.74) is 6.97. The molecule has 1 aliphatic rings. The third-order valence-corrected chi connectivity index (χ3v) is 3.88. The first-order chi connectivity index (χ1) is 9.76. The van der Waals surface area contributed by atoms with Crippen molar-refractivity contribution >= 4 is 0 Å². The number of nitrogens with zero attached hydrogens (tertiary/aromatic N) is 1. The molecule has 1 aromatic carbocycles. The molecule has 0 amide bonds. The Kier molecular flexibility index (Phi) is 4.61. The van der Waals surface area contributed by atoms with Gasteiger partial charge in [-0.05, 0) is 45.4 Å². The molecule has 118 valence electrons. The molecule has 0 radical (unpaired) electrons. The van der Waals surface area contributed by atoms with Crippen LogP contribution in [0.15, 0.2) is 24.3 Å². The average molecular weight is 292 g/mol. The Morgan fingerprint density at radius 2 is 1.67 bits per heavy atom. The molecule has 0 aromatic heterocycles. The minimum absolute atomic E-state index is 0.165. The first-order valence-corrected chi connectivity index (χ1v) is 7.54. The standard InChI is InChI=1S/C17H28N2O2/c1-16(2)11-19(12-17(3,4)21-16)15(10-18)13-6-8-14(20-5)9-7-13/h6-9,15H,10-12,18H2,1-5H3. The van der Waals surface area contributed by atoms with Crippen LogP contribution in [0.1, 0.15) is 39.3 Å². The van der Waals surface area contributed by atoms with Crippen molar-refractivity contribution in [3.05, 3.63) is 29.8 Å². The number of ether oxygens (including phenoxy) is 2. The maximum atomic E-state index is 6.16. The van der Waals surface area contributed by atoms with Gasteiger partial charge < -0.3 is 15.2 Å². The molecule has 4 heteroatoms. The van der Waals surface area contributed by atoms with Crippen LogP contribution < -0.4 is 10.5 Å². The monoisotopic (exact) mass is 292 g/mol. The van der Waals surface area contributed by atoms with Crippen molar-refractivity contribution < 1.29 is 9.47 Å². The third-order valence-electron chi connectivity index (χ3n) is 3.88. The Morgan fingerprint density at radius 3 is 2.10 bits per heavy atom. The Hall–Kier alpha value is -1.10. The van der Waals surface area contributed by atoms with Crippen molar-refractivity contribution in [3.63, 3.8) is 0 Å². The molecule has 1 heterocycles. The van der Waals surface area contributed by atoms with Crippen LogP contribution in [0.5, 0.6) is 5.75 Å². The highest BCUT2D eigenvalue weighted by molar-refractivity contribution is 5.29. The molecule has 1 unspecified atom stereocenters. The summed E-state index contributed by atoms with van der Waals surface area (Å²) in [5, 5.41) is 0. The van der Waals surface area contributed by atoms with E-state index in [1.54, 1.807) is 7.11 Å². The Balaban J connectivity index is 2.23. The van der Waals surface area contributed by atoms with Gasteiger partial charge in [-0.15, -0.1) is 0 Å². The normalized spacial score (nSPS) is 22.8. The Labute approximate surface area is 128 Å². The lowest BCUT2D eigenvalue weighted by Crippen LogP contribution is -2.58.